The highest BCUT2D eigenvalue weighted by atomic mass is 16.4. The lowest BCUT2D eigenvalue weighted by molar-refractivity contribution is 0.0652. The number of aromatic carboxylic acids is 4. The summed E-state index contributed by atoms with van der Waals surface area (Å²) < 4.78 is 0. The topological polar surface area (TPSA) is 149 Å². The molecule has 4 N–H and O–H groups in total. The van der Waals surface area contributed by atoms with Gasteiger partial charge in [-0.1, -0.05) is 36.4 Å². The van der Waals surface area contributed by atoms with E-state index in [-0.39, 0.29) is 22.3 Å². The van der Waals surface area contributed by atoms with Crippen LogP contribution in [0.5, 0.6) is 0 Å². The maximum atomic E-state index is 10.9. The minimum Gasteiger partial charge on any atom is -0.478 e. The van der Waals surface area contributed by atoms with Crippen LogP contribution in [-0.2, 0) is 0 Å². The molecular weight excluding hydrogens is 416 g/mol. The fraction of sp³-hybridized carbons (Fsp3) is 0. The van der Waals surface area contributed by atoms with Gasteiger partial charge in [-0.3, -0.25) is 0 Å². The number of carbonyl (C=O) groups is 4. The molecule has 0 bridgehead atoms. The molecule has 0 spiro atoms. The summed E-state index contributed by atoms with van der Waals surface area (Å²) in [5.74, 6) is -4.52. The Morgan fingerprint density at radius 1 is 0.438 bits per heavy atom. The molecule has 0 amide bonds. The van der Waals surface area contributed by atoms with Crippen LogP contribution in [0.15, 0.2) is 72.8 Å². The van der Waals surface area contributed by atoms with Crippen LogP contribution >= 0.6 is 0 Å². The maximum Gasteiger partial charge on any atom is 0.336 e. The lowest BCUT2D eigenvalue weighted by atomic mass is 10.0. The van der Waals surface area contributed by atoms with Crippen LogP contribution in [0.3, 0.4) is 0 Å². The highest BCUT2D eigenvalue weighted by Gasteiger charge is 2.16. The summed E-state index contributed by atoms with van der Waals surface area (Å²) in [6.45, 7) is 0. The summed E-state index contributed by atoms with van der Waals surface area (Å²) in [5.41, 5.74) is -0.0810. The monoisotopic (exact) mass is 432 g/mol. The van der Waals surface area contributed by atoms with Gasteiger partial charge in [0, 0.05) is 0 Å². The fourth-order valence-corrected chi connectivity index (χ4v) is 3.11. The van der Waals surface area contributed by atoms with Crippen LogP contribution < -0.4 is 0 Å². The van der Waals surface area contributed by atoms with Crippen LogP contribution in [0.1, 0.15) is 41.4 Å². The van der Waals surface area contributed by atoms with Crippen molar-refractivity contribution in [1.82, 2.24) is 0 Å². The number of carboxylic acid groups (broad SMARTS) is 4. The molecule has 0 saturated heterocycles. The van der Waals surface area contributed by atoms with Crippen molar-refractivity contribution in [2.75, 3.05) is 0 Å². The summed E-state index contributed by atoms with van der Waals surface area (Å²) in [6.07, 6.45) is 0. The predicted octanol–water partition coefficient (Wildman–Crippen LogP) is 4.47. The summed E-state index contributed by atoms with van der Waals surface area (Å²) in [6, 6.07) is 19.0. The normalized spacial score (nSPS) is 10.2. The van der Waals surface area contributed by atoms with E-state index in [0.29, 0.717) is 16.2 Å². The Labute approximate surface area is 180 Å². The van der Waals surface area contributed by atoms with E-state index in [1.165, 1.54) is 36.4 Å². The molecule has 4 aromatic carbocycles. The molecule has 0 unspecified atom stereocenters. The van der Waals surface area contributed by atoms with Crippen molar-refractivity contribution in [3.8, 4) is 0 Å². The number of benzene rings is 4. The van der Waals surface area contributed by atoms with E-state index in [0.717, 1.165) is 5.39 Å². The largest absolute Gasteiger partial charge is 0.478 e. The van der Waals surface area contributed by atoms with Gasteiger partial charge in [-0.2, -0.15) is 0 Å². The molecule has 0 atom stereocenters. The van der Waals surface area contributed by atoms with Crippen LogP contribution in [0.4, 0.5) is 0 Å². The molecule has 8 nitrogen and oxygen atoms in total. The molecule has 4 rings (SSSR count). The zero-order chi connectivity index (χ0) is 23.4. The van der Waals surface area contributed by atoms with Gasteiger partial charge in [-0.05, 0) is 57.9 Å². The number of rotatable bonds is 4. The Morgan fingerprint density at radius 3 is 1.19 bits per heavy atom. The second kappa shape index (κ2) is 8.97. The summed E-state index contributed by atoms with van der Waals surface area (Å²) in [4.78, 5) is 43.3. The quantitative estimate of drug-likeness (QED) is 0.369. The molecule has 160 valence electrons. The molecule has 0 radical (unpaired) electrons. The molecule has 0 aliphatic rings. The molecule has 0 aromatic heterocycles. The smallest absolute Gasteiger partial charge is 0.336 e. The zero-order valence-electron chi connectivity index (χ0n) is 16.4. The second-order valence-electron chi connectivity index (χ2n) is 6.74. The molecule has 4 aromatic rings. The Balaban J connectivity index is 0.000000181. The first kappa shape index (κ1) is 22.0. The molecule has 0 aliphatic carbocycles. The maximum absolute atomic E-state index is 10.9. The average Bonchev–Trinajstić information content (AvgIpc) is 2.77. The lowest BCUT2D eigenvalue weighted by Crippen LogP contribution is -2.07. The SMILES string of the molecule is O=C(O)c1cc2ccccc2cc1C(=O)O.O=C(O)c1ccc2ccc(C(=O)O)cc2c1. The number of hydrogen-bond donors (Lipinski definition) is 4. The standard InChI is InChI=1S/2C12H8O4/c13-11(14)8-3-1-7-2-4-9(12(15)16)6-10(7)5-8;13-11(14)9-5-7-3-1-2-4-8(7)6-10(9)12(15)16/h2*1-6H,(H,13,14)(H,15,16). The van der Waals surface area contributed by atoms with Crippen molar-refractivity contribution in [2.45, 2.75) is 0 Å². The highest BCUT2D eigenvalue weighted by Crippen LogP contribution is 2.20. The van der Waals surface area contributed by atoms with Gasteiger partial charge in [0.1, 0.15) is 0 Å². The van der Waals surface area contributed by atoms with Gasteiger partial charge in [-0.25, -0.2) is 19.2 Å². The van der Waals surface area contributed by atoms with Gasteiger partial charge in [0.05, 0.1) is 22.3 Å². The van der Waals surface area contributed by atoms with Crippen molar-refractivity contribution in [3.05, 3.63) is 95.1 Å². The Morgan fingerprint density at radius 2 is 0.844 bits per heavy atom. The third-order valence-electron chi connectivity index (χ3n) is 4.68. The van der Waals surface area contributed by atoms with Gasteiger partial charge in [-0.15, -0.1) is 0 Å². The molecular formula is C24H16O8. The van der Waals surface area contributed by atoms with Crippen LogP contribution in [0.25, 0.3) is 21.5 Å². The van der Waals surface area contributed by atoms with E-state index in [4.69, 9.17) is 20.4 Å². The molecule has 0 saturated carbocycles. The third-order valence-corrected chi connectivity index (χ3v) is 4.68. The lowest BCUT2D eigenvalue weighted by Gasteiger charge is -2.04. The minimum atomic E-state index is -1.23. The summed E-state index contributed by atoms with van der Waals surface area (Å²) >= 11 is 0. The second-order valence-corrected chi connectivity index (χ2v) is 6.74. The number of carboxylic acids is 4. The van der Waals surface area contributed by atoms with Crippen LogP contribution in [-0.4, -0.2) is 44.3 Å². The average molecular weight is 432 g/mol. The molecule has 0 fully saturated rings. The zero-order valence-corrected chi connectivity index (χ0v) is 16.4. The first-order chi connectivity index (χ1) is 15.2. The van der Waals surface area contributed by atoms with Crippen molar-refractivity contribution in [1.29, 1.82) is 0 Å². The van der Waals surface area contributed by atoms with E-state index < -0.39 is 23.9 Å². The van der Waals surface area contributed by atoms with E-state index in [1.54, 1.807) is 36.4 Å². The van der Waals surface area contributed by atoms with Gasteiger partial charge in [0.15, 0.2) is 0 Å². The van der Waals surface area contributed by atoms with E-state index in [1.807, 2.05) is 0 Å². The van der Waals surface area contributed by atoms with E-state index in [9.17, 15) is 19.2 Å². The predicted molar refractivity (Wildman–Crippen MR) is 116 cm³/mol. The Hall–Kier alpha value is -4.72. The van der Waals surface area contributed by atoms with Gasteiger partial charge >= 0.3 is 23.9 Å². The van der Waals surface area contributed by atoms with Gasteiger partial charge in [0.2, 0.25) is 0 Å². The Bertz CT molecular complexity index is 1290. The molecule has 0 heterocycles. The van der Waals surface area contributed by atoms with E-state index in [2.05, 4.69) is 0 Å². The Kier molecular flexibility index (Phi) is 6.16. The van der Waals surface area contributed by atoms with Crippen molar-refractivity contribution in [3.63, 3.8) is 0 Å². The molecule has 32 heavy (non-hydrogen) atoms. The van der Waals surface area contributed by atoms with Crippen LogP contribution in [0, 0.1) is 0 Å². The first-order valence-corrected chi connectivity index (χ1v) is 9.17. The third kappa shape index (κ3) is 4.71. The van der Waals surface area contributed by atoms with Gasteiger partial charge < -0.3 is 20.4 Å². The van der Waals surface area contributed by atoms with Crippen molar-refractivity contribution in [2.24, 2.45) is 0 Å². The fourth-order valence-electron chi connectivity index (χ4n) is 3.11. The molecule has 0 aliphatic heterocycles. The number of hydrogen-bond acceptors (Lipinski definition) is 4. The molecule has 8 heteroatoms. The van der Waals surface area contributed by atoms with Crippen LogP contribution in [0.2, 0.25) is 0 Å². The summed E-state index contributed by atoms with van der Waals surface area (Å²) in [5, 5.41) is 38.3. The van der Waals surface area contributed by atoms with E-state index >= 15 is 0 Å². The van der Waals surface area contributed by atoms with Crippen molar-refractivity contribution < 1.29 is 39.6 Å². The van der Waals surface area contributed by atoms with Gasteiger partial charge in [0.25, 0.3) is 0 Å². The minimum absolute atomic E-state index is 0.148. The summed E-state index contributed by atoms with van der Waals surface area (Å²) in [7, 11) is 0. The van der Waals surface area contributed by atoms with Crippen molar-refractivity contribution >= 4 is 45.4 Å². The highest BCUT2D eigenvalue weighted by molar-refractivity contribution is 6.06. The first-order valence-electron chi connectivity index (χ1n) is 9.17. The number of fused-ring (bicyclic) bond motifs is 2.